The summed E-state index contributed by atoms with van der Waals surface area (Å²) in [6, 6.07) is 0. The van der Waals surface area contributed by atoms with Gasteiger partial charge in [0.2, 0.25) is 0 Å². The van der Waals surface area contributed by atoms with E-state index in [1.807, 2.05) is 18.2 Å². The normalized spacial score (nSPS) is 14.2. The molecule has 0 heterocycles. The van der Waals surface area contributed by atoms with Gasteiger partial charge < -0.3 is 0 Å². The predicted octanol–water partition coefficient (Wildman–Crippen LogP) is 2.92. The summed E-state index contributed by atoms with van der Waals surface area (Å²) in [4.78, 5) is 0. The van der Waals surface area contributed by atoms with Crippen molar-refractivity contribution in [3.05, 3.63) is 47.9 Å². The summed E-state index contributed by atoms with van der Waals surface area (Å²) in [6.45, 7) is 3.64. The van der Waals surface area contributed by atoms with Gasteiger partial charge in [-0.2, -0.15) is 0 Å². The Hall–Kier alpha value is -0.690. The van der Waals surface area contributed by atoms with Crippen LogP contribution in [0.5, 0.6) is 0 Å². The SMILES string of the molecule is C=CCSC=C1C=CC=C1. The van der Waals surface area contributed by atoms with Crippen LogP contribution in [0.25, 0.3) is 0 Å². The van der Waals surface area contributed by atoms with E-state index in [0.29, 0.717) is 0 Å². The molecule has 0 radical (unpaired) electrons. The van der Waals surface area contributed by atoms with Gasteiger partial charge in [-0.15, -0.1) is 18.3 Å². The van der Waals surface area contributed by atoms with E-state index in [2.05, 4.69) is 24.1 Å². The maximum Gasteiger partial charge on any atom is 0.0152 e. The first-order chi connectivity index (χ1) is 4.93. The lowest BCUT2D eigenvalue weighted by Crippen LogP contribution is -1.65. The topological polar surface area (TPSA) is 0 Å². The van der Waals surface area contributed by atoms with E-state index in [0.717, 1.165) is 5.75 Å². The smallest absolute Gasteiger partial charge is 0.0152 e. The summed E-state index contributed by atoms with van der Waals surface area (Å²) in [6.07, 6.45) is 10.2. The van der Waals surface area contributed by atoms with Crippen LogP contribution in [-0.2, 0) is 0 Å². The van der Waals surface area contributed by atoms with Gasteiger partial charge in [-0.05, 0) is 11.0 Å². The molecule has 0 saturated heterocycles. The maximum absolute atomic E-state index is 3.64. The zero-order chi connectivity index (χ0) is 7.23. The Kier molecular flexibility index (Phi) is 3.10. The number of hydrogen-bond acceptors (Lipinski definition) is 1. The van der Waals surface area contributed by atoms with E-state index in [-0.39, 0.29) is 0 Å². The Morgan fingerprint density at radius 3 is 2.70 bits per heavy atom. The Morgan fingerprint density at radius 1 is 1.40 bits per heavy atom. The molecule has 0 saturated carbocycles. The second kappa shape index (κ2) is 4.18. The highest BCUT2D eigenvalue weighted by Crippen LogP contribution is 2.13. The highest BCUT2D eigenvalue weighted by atomic mass is 32.2. The van der Waals surface area contributed by atoms with Crippen molar-refractivity contribution in [3.8, 4) is 0 Å². The van der Waals surface area contributed by atoms with Crippen molar-refractivity contribution in [3.63, 3.8) is 0 Å². The fourth-order valence-electron chi connectivity index (χ4n) is 0.680. The van der Waals surface area contributed by atoms with Gasteiger partial charge in [0.05, 0.1) is 0 Å². The van der Waals surface area contributed by atoms with Gasteiger partial charge in [0, 0.05) is 5.75 Å². The molecule has 0 bridgehead atoms. The third-order valence-electron chi connectivity index (χ3n) is 1.12. The van der Waals surface area contributed by atoms with Crippen molar-refractivity contribution in [2.75, 3.05) is 5.75 Å². The lowest BCUT2D eigenvalue weighted by atomic mass is 10.3. The van der Waals surface area contributed by atoms with Gasteiger partial charge in [-0.1, -0.05) is 30.4 Å². The van der Waals surface area contributed by atoms with E-state index < -0.39 is 0 Å². The Labute approximate surface area is 66.0 Å². The minimum absolute atomic E-state index is 0.991. The molecule has 1 aliphatic carbocycles. The highest BCUT2D eigenvalue weighted by molar-refractivity contribution is 8.02. The molecule has 0 atom stereocenters. The van der Waals surface area contributed by atoms with Gasteiger partial charge in [0.1, 0.15) is 0 Å². The van der Waals surface area contributed by atoms with Gasteiger partial charge in [0.15, 0.2) is 0 Å². The van der Waals surface area contributed by atoms with Gasteiger partial charge >= 0.3 is 0 Å². The second-order valence-corrected chi connectivity index (χ2v) is 2.86. The Morgan fingerprint density at radius 2 is 2.10 bits per heavy atom. The molecule has 1 rings (SSSR count). The van der Waals surface area contributed by atoms with Gasteiger partial charge in [0.25, 0.3) is 0 Å². The average Bonchev–Trinajstić information content (AvgIpc) is 2.41. The minimum Gasteiger partial charge on any atom is -0.129 e. The monoisotopic (exact) mass is 150 g/mol. The number of rotatable bonds is 3. The van der Waals surface area contributed by atoms with Crippen LogP contribution in [0, 0.1) is 0 Å². The first-order valence-corrected chi connectivity index (χ1v) is 4.26. The fraction of sp³-hybridized carbons (Fsp3) is 0.111. The van der Waals surface area contributed by atoms with Gasteiger partial charge in [-0.25, -0.2) is 0 Å². The van der Waals surface area contributed by atoms with Crippen molar-refractivity contribution in [2.24, 2.45) is 0 Å². The predicted molar refractivity (Wildman–Crippen MR) is 49.0 cm³/mol. The molecule has 0 N–H and O–H groups in total. The summed E-state index contributed by atoms with van der Waals surface area (Å²) in [7, 11) is 0. The van der Waals surface area contributed by atoms with E-state index in [1.54, 1.807) is 11.8 Å². The van der Waals surface area contributed by atoms with E-state index >= 15 is 0 Å². The molecule has 0 aromatic carbocycles. The van der Waals surface area contributed by atoms with Crippen LogP contribution in [0.2, 0.25) is 0 Å². The van der Waals surface area contributed by atoms with E-state index in [1.165, 1.54) is 5.57 Å². The molecule has 0 spiro atoms. The zero-order valence-electron chi connectivity index (χ0n) is 5.79. The van der Waals surface area contributed by atoms with E-state index in [4.69, 9.17) is 0 Å². The molecule has 0 aromatic heterocycles. The Balaban J connectivity index is 2.33. The molecule has 1 heteroatoms. The molecule has 52 valence electrons. The van der Waals surface area contributed by atoms with Crippen LogP contribution in [-0.4, -0.2) is 5.75 Å². The molecule has 0 nitrogen and oxygen atoms in total. The summed E-state index contributed by atoms with van der Waals surface area (Å²) < 4.78 is 0. The molecule has 0 amide bonds. The minimum atomic E-state index is 0.991. The highest BCUT2D eigenvalue weighted by Gasteiger charge is 1.88. The van der Waals surface area contributed by atoms with Crippen molar-refractivity contribution >= 4 is 11.8 Å². The van der Waals surface area contributed by atoms with Crippen LogP contribution >= 0.6 is 11.8 Å². The standard InChI is InChI=1S/C9H10S/c1-2-7-10-8-9-5-3-4-6-9/h2-6,8H,1,7H2. The zero-order valence-corrected chi connectivity index (χ0v) is 6.60. The van der Waals surface area contributed by atoms with Crippen LogP contribution < -0.4 is 0 Å². The fourth-order valence-corrected chi connectivity index (χ4v) is 1.26. The third-order valence-corrected chi connectivity index (χ3v) is 1.99. The van der Waals surface area contributed by atoms with Crippen molar-refractivity contribution in [1.82, 2.24) is 0 Å². The molecule has 10 heavy (non-hydrogen) atoms. The molecule has 0 fully saturated rings. The summed E-state index contributed by atoms with van der Waals surface area (Å²) in [5.41, 5.74) is 1.28. The number of hydrogen-bond donors (Lipinski definition) is 0. The number of allylic oxidation sites excluding steroid dienone is 5. The van der Waals surface area contributed by atoms with Gasteiger partial charge in [-0.3, -0.25) is 0 Å². The first kappa shape index (κ1) is 7.42. The van der Waals surface area contributed by atoms with Crippen LogP contribution in [0.15, 0.2) is 47.9 Å². The quantitative estimate of drug-likeness (QED) is 0.440. The molecular weight excluding hydrogens is 140 g/mol. The van der Waals surface area contributed by atoms with Crippen molar-refractivity contribution < 1.29 is 0 Å². The lowest BCUT2D eigenvalue weighted by molar-refractivity contribution is 1.79. The molecule has 1 aliphatic rings. The van der Waals surface area contributed by atoms with Crippen molar-refractivity contribution in [1.29, 1.82) is 0 Å². The molecular formula is C9H10S. The number of thioether (sulfide) groups is 1. The molecule has 0 aromatic rings. The van der Waals surface area contributed by atoms with Crippen LogP contribution in [0.1, 0.15) is 0 Å². The Bertz CT molecular complexity index is 183. The summed E-state index contributed by atoms with van der Waals surface area (Å²) >= 11 is 1.77. The largest absolute Gasteiger partial charge is 0.129 e. The lowest BCUT2D eigenvalue weighted by Gasteiger charge is -1.87. The van der Waals surface area contributed by atoms with Crippen LogP contribution in [0.4, 0.5) is 0 Å². The average molecular weight is 150 g/mol. The summed E-state index contributed by atoms with van der Waals surface area (Å²) in [5.74, 6) is 0.991. The maximum atomic E-state index is 3.64. The van der Waals surface area contributed by atoms with Crippen LogP contribution in [0.3, 0.4) is 0 Å². The van der Waals surface area contributed by atoms with Crippen molar-refractivity contribution in [2.45, 2.75) is 0 Å². The third kappa shape index (κ3) is 2.28. The summed E-state index contributed by atoms with van der Waals surface area (Å²) in [5, 5.41) is 2.14. The van der Waals surface area contributed by atoms with E-state index in [9.17, 15) is 0 Å². The first-order valence-electron chi connectivity index (χ1n) is 3.21. The molecule has 0 unspecified atom stereocenters. The second-order valence-electron chi connectivity index (χ2n) is 1.96. The molecule has 0 aliphatic heterocycles.